The minimum Gasteiger partial charge on any atom is -0.338 e. The molecule has 2 saturated heterocycles. The van der Waals surface area contributed by atoms with Gasteiger partial charge in [0.05, 0.1) is 0 Å². The maximum Gasteiger partial charge on any atom is 0.254 e. The fraction of sp³-hybridized carbons (Fsp3) is 0.667. The highest BCUT2D eigenvalue weighted by atomic mass is 16.2. The van der Waals surface area contributed by atoms with E-state index in [0.717, 1.165) is 42.1 Å². The van der Waals surface area contributed by atoms with Gasteiger partial charge < -0.3 is 9.80 Å². The summed E-state index contributed by atoms with van der Waals surface area (Å²) in [5, 5.41) is 0. The Bertz CT molecular complexity index is 555. The predicted octanol–water partition coefficient (Wildman–Crippen LogP) is 3.89. The van der Waals surface area contributed by atoms with Crippen molar-refractivity contribution in [3.63, 3.8) is 0 Å². The maximum absolute atomic E-state index is 13.0. The Kier molecular flexibility index (Phi) is 5.60. The van der Waals surface area contributed by atoms with Crippen LogP contribution in [0.15, 0.2) is 18.2 Å². The summed E-state index contributed by atoms with van der Waals surface area (Å²) in [7, 11) is 0. The summed E-state index contributed by atoms with van der Waals surface area (Å²) < 4.78 is 0. The van der Waals surface area contributed by atoms with Crippen molar-refractivity contribution in [3.8, 4) is 0 Å². The molecule has 0 unspecified atom stereocenters. The smallest absolute Gasteiger partial charge is 0.254 e. The molecule has 0 saturated carbocycles. The Morgan fingerprint density at radius 2 is 1.75 bits per heavy atom. The molecule has 0 aromatic heterocycles. The fourth-order valence-electron chi connectivity index (χ4n) is 4.32. The molecule has 0 N–H and O–H groups in total. The largest absolute Gasteiger partial charge is 0.338 e. The van der Waals surface area contributed by atoms with Gasteiger partial charge in [-0.25, -0.2) is 0 Å². The predicted molar refractivity (Wildman–Crippen MR) is 99.4 cm³/mol. The number of hydrogen-bond donors (Lipinski definition) is 0. The maximum atomic E-state index is 13.0. The van der Waals surface area contributed by atoms with Crippen LogP contribution in [0, 0.1) is 25.7 Å². The van der Waals surface area contributed by atoms with Gasteiger partial charge in [-0.3, -0.25) is 4.79 Å². The summed E-state index contributed by atoms with van der Waals surface area (Å²) in [6, 6.07) is 6.14. The Morgan fingerprint density at radius 3 is 2.42 bits per heavy atom. The lowest BCUT2D eigenvalue weighted by atomic mass is 9.93. The molecule has 1 aromatic carbocycles. The number of nitrogens with zero attached hydrogens (tertiary/aromatic N) is 2. The number of likely N-dealkylation sites (tertiary alicyclic amines) is 2. The fourth-order valence-corrected chi connectivity index (χ4v) is 4.32. The third-order valence-corrected chi connectivity index (χ3v) is 5.89. The molecule has 2 aliphatic rings. The van der Waals surface area contributed by atoms with Crippen molar-refractivity contribution >= 4 is 5.91 Å². The second-order valence-electron chi connectivity index (χ2n) is 8.01. The Labute approximate surface area is 147 Å². The first-order chi connectivity index (χ1) is 11.5. The van der Waals surface area contributed by atoms with Gasteiger partial charge in [-0.05, 0) is 75.6 Å². The highest BCUT2D eigenvalue weighted by Crippen LogP contribution is 2.24. The van der Waals surface area contributed by atoms with Crippen molar-refractivity contribution in [1.82, 2.24) is 9.80 Å². The van der Waals surface area contributed by atoms with Crippen molar-refractivity contribution in [3.05, 3.63) is 34.9 Å². The SMILES string of the molecule is Cc1cccc(C)c1C(=O)N1CCC[C@@H](CN2CCC(C)CC2)C1. The number of amides is 1. The van der Waals surface area contributed by atoms with Gasteiger partial charge in [0, 0.05) is 25.2 Å². The van der Waals surface area contributed by atoms with Crippen LogP contribution in [0.5, 0.6) is 0 Å². The van der Waals surface area contributed by atoms with Crippen LogP contribution in [0.25, 0.3) is 0 Å². The molecule has 1 atom stereocenters. The minimum absolute atomic E-state index is 0.238. The van der Waals surface area contributed by atoms with Crippen molar-refractivity contribution in [2.75, 3.05) is 32.7 Å². The molecule has 0 spiro atoms. The first-order valence-electron chi connectivity index (χ1n) is 9.62. The highest BCUT2D eigenvalue weighted by molar-refractivity contribution is 5.97. The van der Waals surface area contributed by atoms with E-state index < -0.39 is 0 Å². The molecular formula is C21H32N2O. The third-order valence-electron chi connectivity index (χ3n) is 5.89. The number of piperidine rings is 2. The van der Waals surface area contributed by atoms with Crippen LogP contribution in [0.4, 0.5) is 0 Å². The van der Waals surface area contributed by atoms with E-state index in [9.17, 15) is 4.79 Å². The zero-order chi connectivity index (χ0) is 17.1. The quantitative estimate of drug-likeness (QED) is 0.840. The van der Waals surface area contributed by atoms with E-state index in [2.05, 4.69) is 42.7 Å². The summed E-state index contributed by atoms with van der Waals surface area (Å²) in [4.78, 5) is 17.8. The van der Waals surface area contributed by atoms with E-state index >= 15 is 0 Å². The van der Waals surface area contributed by atoms with Gasteiger partial charge in [0.25, 0.3) is 5.91 Å². The van der Waals surface area contributed by atoms with Crippen molar-refractivity contribution in [2.45, 2.75) is 46.5 Å². The van der Waals surface area contributed by atoms with Gasteiger partial charge >= 0.3 is 0 Å². The monoisotopic (exact) mass is 328 g/mol. The topological polar surface area (TPSA) is 23.6 Å². The lowest BCUT2D eigenvalue weighted by Gasteiger charge is -2.38. The molecule has 0 radical (unpaired) electrons. The summed E-state index contributed by atoms with van der Waals surface area (Å²) in [5.41, 5.74) is 3.13. The first kappa shape index (κ1) is 17.5. The molecule has 132 valence electrons. The molecule has 3 rings (SSSR count). The summed E-state index contributed by atoms with van der Waals surface area (Å²) in [6.07, 6.45) is 5.07. The number of carbonyl (C=O) groups is 1. The zero-order valence-corrected chi connectivity index (χ0v) is 15.6. The van der Waals surface area contributed by atoms with E-state index in [1.54, 1.807) is 0 Å². The molecular weight excluding hydrogens is 296 g/mol. The lowest BCUT2D eigenvalue weighted by Crippen LogP contribution is -2.45. The molecule has 0 aliphatic carbocycles. The molecule has 1 amide bonds. The van der Waals surface area contributed by atoms with Crippen molar-refractivity contribution < 1.29 is 4.79 Å². The van der Waals surface area contributed by atoms with E-state index in [1.165, 1.54) is 38.9 Å². The molecule has 2 aliphatic heterocycles. The second kappa shape index (κ2) is 7.69. The number of benzene rings is 1. The summed E-state index contributed by atoms with van der Waals surface area (Å²) >= 11 is 0. The van der Waals surface area contributed by atoms with Crippen LogP contribution in [-0.4, -0.2) is 48.4 Å². The number of hydrogen-bond acceptors (Lipinski definition) is 2. The van der Waals surface area contributed by atoms with Crippen molar-refractivity contribution in [2.24, 2.45) is 11.8 Å². The molecule has 2 heterocycles. The van der Waals surface area contributed by atoms with E-state index in [4.69, 9.17) is 0 Å². The average Bonchev–Trinajstić information content (AvgIpc) is 2.57. The highest BCUT2D eigenvalue weighted by Gasteiger charge is 2.28. The van der Waals surface area contributed by atoms with E-state index in [-0.39, 0.29) is 5.91 Å². The van der Waals surface area contributed by atoms with Crippen LogP contribution in [-0.2, 0) is 0 Å². The van der Waals surface area contributed by atoms with Crippen LogP contribution >= 0.6 is 0 Å². The van der Waals surface area contributed by atoms with Crippen molar-refractivity contribution in [1.29, 1.82) is 0 Å². The molecule has 3 nitrogen and oxygen atoms in total. The van der Waals surface area contributed by atoms with E-state index in [1.807, 2.05) is 6.07 Å². The number of rotatable bonds is 3. The van der Waals surface area contributed by atoms with Gasteiger partial charge in [-0.1, -0.05) is 25.1 Å². The van der Waals surface area contributed by atoms with Crippen LogP contribution in [0.1, 0.15) is 54.1 Å². The summed E-state index contributed by atoms with van der Waals surface area (Å²) in [5.74, 6) is 1.76. The number of aryl methyl sites for hydroxylation is 2. The van der Waals surface area contributed by atoms with Crippen LogP contribution < -0.4 is 0 Å². The van der Waals surface area contributed by atoms with Gasteiger partial charge in [0.15, 0.2) is 0 Å². The second-order valence-corrected chi connectivity index (χ2v) is 8.01. The first-order valence-corrected chi connectivity index (χ1v) is 9.62. The lowest BCUT2D eigenvalue weighted by molar-refractivity contribution is 0.0621. The minimum atomic E-state index is 0.238. The molecule has 1 aromatic rings. The standard InChI is InChI=1S/C21H32N2O/c1-16-9-12-22(13-10-16)14-19-8-5-11-23(15-19)21(24)20-17(2)6-4-7-18(20)3/h4,6-7,16,19H,5,8-15H2,1-3H3/t19-/m0/s1. The Morgan fingerprint density at radius 1 is 1.08 bits per heavy atom. The van der Waals surface area contributed by atoms with E-state index in [0.29, 0.717) is 5.92 Å². The molecule has 2 fully saturated rings. The normalized spacial score (nSPS) is 23.5. The molecule has 24 heavy (non-hydrogen) atoms. The average molecular weight is 329 g/mol. The van der Waals surface area contributed by atoms with Gasteiger partial charge in [-0.15, -0.1) is 0 Å². The molecule has 0 bridgehead atoms. The molecule has 3 heteroatoms. The van der Waals surface area contributed by atoms with Gasteiger partial charge in [0.1, 0.15) is 0 Å². The Balaban J connectivity index is 1.62. The van der Waals surface area contributed by atoms with Gasteiger partial charge in [-0.2, -0.15) is 0 Å². The number of carbonyl (C=O) groups excluding carboxylic acids is 1. The third kappa shape index (κ3) is 4.00. The van der Waals surface area contributed by atoms with Crippen LogP contribution in [0.3, 0.4) is 0 Å². The Hall–Kier alpha value is -1.35. The van der Waals surface area contributed by atoms with Crippen LogP contribution in [0.2, 0.25) is 0 Å². The van der Waals surface area contributed by atoms with Gasteiger partial charge in [0.2, 0.25) is 0 Å². The summed E-state index contributed by atoms with van der Waals surface area (Å²) in [6.45, 7) is 12.0. The zero-order valence-electron chi connectivity index (χ0n) is 15.6.